The molecule has 2 rings (SSSR count). The molecular weight excluding hydrogens is 268 g/mol. The molecular formula is C15H22N4O2. The molecule has 1 saturated heterocycles. The van der Waals surface area contributed by atoms with Gasteiger partial charge in [0.25, 0.3) is 0 Å². The molecule has 1 aromatic rings. The highest BCUT2D eigenvalue weighted by Crippen LogP contribution is 2.13. The summed E-state index contributed by atoms with van der Waals surface area (Å²) in [7, 11) is 2.10. The van der Waals surface area contributed by atoms with Crippen molar-refractivity contribution in [3.05, 3.63) is 35.4 Å². The summed E-state index contributed by atoms with van der Waals surface area (Å²) in [6, 6.07) is 7.11. The van der Waals surface area contributed by atoms with E-state index < -0.39 is 0 Å². The van der Waals surface area contributed by atoms with Gasteiger partial charge < -0.3 is 21.2 Å². The maximum atomic E-state index is 11.9. The van der Waals surface area contributed by atoms with Gasteiger partial charge in [-0.05, 0) is 31.5 Å². The van der Waals surface area contributed by atoms with Crippen LogP contribution in [0.15, 0.2) is 29.4 Å². The van der Waals surface area contributed by atoms with E-state index in [9.17, 15) is 4.79 Å². The topological polar surface area (TPSA) is 91.0 Å². The first-order chi connectivity index (χ1) is 10.1. The van der Waals surface area contributed by atoms with E-state index in [2.05, 4.69) is 22.4 Å². The molecule has 0 saturated carbocycles. The van der Waals surface area contributed by atoms with Crippen molar-refractivity contribution in [1.82, 2.24) is 10.2 Å². The molecule has 6 nitrogen and oxygen atoms in total. The fourth-order valence-corrected chi connectivity index (χ4v) is 2.55. The third-order valence-corrected chi connectivity index (χ3v) is 3.80. The summed E-state index contributed by atoms with van der Waals surface area (Å²) in [6.07, 6.45) is 1.49. The fourth-order valence-electron chi connectivity index (χ4n) is 2.55. The van der Waals surface area contributed by atoms with Gasteiger partial charge in [0.1, 0.15) is 0 Å². The lowest BCUT2D eigenvalue weighted by molar-refractivity contribution is -0.120. The van der Waals surface area contributed by atoms with Gasteiger partial charge in [0.2, 0.25) is 5.91 Å². The third kappa shape index (κ3) is 4.46. The van der Waals surface area contributed by atoms with Gasteiger partial charge in [0, 0.05) is 18.7 Å². The fraction of sp³-hybridized carbons (Fsp3) is 0.467. The number of nitrogens with one attached hydrogen (secondary N) is 1. The summed E-state index contributed by atoms with van der Waals surface area (Å²) in [5, 5.41) is 14.5. The number of rotatable bonds is 5. The zero-order chi connectivity index (χ0) is 15.2. The van der Waals surface area contributed by atoms with E-state index in [1.54, 1.807) is 12.1 Å². The molecule has 0 radical (unpaired) electrons. The number of amidine groups is 1. The summed E-state index contributed by atoms with van der Waals surface area (Å²) < 4.78 is 0. The predicted molar refractivity (Wildman–Crippen MR) is 81.3 cm³/mol. The Labute approximate surface area is 124 Å². The highest BCUT2D eigenvalue weighted by molar-refractivity contribution is 5.97. The van der Waals surface area contributed by atoms with Crippen LogP contribution in [0.5, 0.6) is 0 Å². The summed E-state index contributed by atoms with van der Waals surface area (Å²) in [5.74, 6) is 0.652. The highest BCUT2D eigenvalue weighted by atomic mass is 16.4. The first kappa shape index (κ1) is 15.3. The Morgan fingerprint density at radius 2 is 2.19 bits per heavy atom. The van der Waals surface area contributed by atoms with Crippen LogP contribution in [-0.2, 0) is 11.2 Å². The zero-order valence-electron chi connectivity index (χ0n) is 12.2. The van der Waals surface area contributed by atoms with Gasteiger partial charge in [-0.3, -0.25) is 4.79 Å². The van der Waals surface area contributed by atoms with Crippen molar-refractivity contribution in [2.24, 2.45) is 16.8 Å². The molecule has 6 heteroatoms. The molecule has 1 heterocycles. The van der Waals surface area contributed by atoms with Crippen molar-refractivity contribution in [3.8, 4) is 0 Å². The van der Waals surface area contributed by atoms with E-state index in [0.717, 1.165) is 31.6 Å². The lowest BCUT2D eigenvalue weighted by Gasteiger charge is -2.11. The second kappa shape index (κ2) is 7.08. The first-order valence-corrected chi connectivity index (χ1v) is 7.10. The molecule has 0 spiro atoms. The molecule has 21 heavy (non-hydrogen) atoms. The molecule has 0 aromatic heterocycles. The van der Waals surface area contributed by atoms with Crippen molar-refractivity contribution < 1.29 is 10.0 Å². The minimum absolute atomic E-state index is 0.0288. The average Bonchev–Trinajstić information content (AvgIpc) is 2.91. The SMILES string of the molecule is CN1CCC(CNC(=O)Cc2ccc(C(N)=NO)cc2)C1. The van der Waals surface area contributed by atoms with Gasteiger partial charge in [-0.2, -0.15) is 0 Å². The molecule has 114 valence electrons. The van der Waals surface area contributed by atoms with Crippen LogP contribution >= 0.6 is 0 Å². The Morgan fingerprint density at radius 3 is 2.76 bits per heavy atom. The number of nitrogens with two attached hydrogens (primary N) is 1. The molecule has 1 atom stereocenters. The largest absolute Gasteiger partial charge is 0.409 e. The summed E-state index contributed by atoms with van der Waals surface area (Å²) >= 11 is 0. The summed E-state index contributed by atoms with van der Waals surface area (Å²) in [5.41, 5.74) is 7.03. The Bertz CT molecular complexity index is 513. The number of carbonyl (C=O) groups is 1. The first-order valence-electron chi connectivity index (χ1n) is 7.10. The lowest BCUT2D eigenvalue weighted by atomic mass is 10.1. The third-order valence-electron chi connectivity index (χ3n) is 3.80. The summed E-state index contributed by atoms with van der Waals surface area (Å²) in [4.78, 5) is 14.2. The normalized spacial score (nSPS) is 19.7. The Hall–Kier alpha value is -2.08. The van der Waals surface area contributed by atoms with Crippen LogP contribution in [0.2, 0.25) is 0 Å². The molecule has 1 aliphatic rings. The maximum Gasteiger partial charge on any atom is 0.224 e. The van der Waals surface area contributed by atoms with Crippen LogP contribution in [0.25, 0.3) is 0 Å². The summed E-state index contributed by atoms with van der Waals surface area (Å²) in [6.45, 7) is 2.90. The number of hydrogen-bond donors (Lipinski definition) is 3. The molecule has 0 aliphatic carbocycles. The van der Waals surface area contributed by atoms with Gasteiger partial charge >= 0.3 is 0 Å². The molecule has 1 fully saturated rings. The molecule has 1 aromatic carbocycles. The van der Waals surface area contributed by atoms with Gasteiger partial charge in [0.15, 0.2) is 5.84 Å². The van der Waals surface area contributed by atoms with Gasteiger partial charge in [0.05, 0.1) is 6.42 Å². The molecule has 0 bridgehead atoms. The predicted octanol–water partition coefficient (Wildman–Crippen LogP) is 0.392. The van der Waals surface area contributed by atoms with Crippen LogP contribution in [-0.4, -0.2) is 48.5 Å². The van der Waals surface area contributed by atoms with Crippen LogP contribution in [0.3, 0.4) is 0 Å². The molecule has 1 amide bonds. The lowest BCUT2D eigenvalue weighted by Crippen LogP contribution is -2.31. The zero-order valence-corrected chi connectivity index (χ0v) is 12.2. The monoisotopic (exact) mass is 290 g/mol. The van der Waals surface area contributed by atoms with E-state index in [-0.39, 0.29) is 11.7 Å². The molecule has 1 unspecified atom stereocenters. The molecule has 4 N–H and O–H groups in total. The van der Waals surface area contributed by atoms with Crippen LogP contribution < -0.4 is 11.1 Å². The maximum absolute atomic E-state index is 11.9. The number of amides is 1. The van der Waals surface area contributed by atoms with E-state index >= 15 is 0 Å². The van der Waals surface area contributed by atoms with Gasteiger partial charge in [-0.1, -0.05) is 29.4 Å². The van der Waals surface area contributed by atoms with Gasteiger partial charge in [-0.15, -0.1) is 0 Å². The van der Waals surface area contributed by atoms with E-state index in [0.29, 0.717) is 17.9 Å². The minimum atomic E-state index is 0.0288. The second-order valence-electron chi connectivity index (χ2n) is 5.58. The van der Waals surface area contributed by atoms with Crippen molar-refractivity contribution in [2.75, 3.05) is 26.7 Å². The Balaban J connectivity index is 1.79. The van der Waals surface area contributed by atoms with E-state index in [1.165, 1.54) is 0 Å². The van der Waals surface area contributed by atoms with Crippen LogP contribution in [0.1, 0.15) is 17.5 Å². The Kier molecular flexibility index (Phi) is 5.16. The number of nitrogens with zero attached hydrogens (tertiary/aromatic N) is 2. The van der Waals surface area contributed by atoms with Crippen LogP contribution in [0.4, 0.5) is 0 Å². The van der Waals surface area contributed by atoms with Gasteiger partial charge in [-0.25, -0.2) is 0 Å². The number of oxime groups is 1. The number of carbonyl (C=O) groups excluding carboxylic acids is 1. The van der Waals surface area contributed by atoms with E-state index in [1.807, 2.05) is 12.1 Å². The minimum Gasteiger partial charge on any atom is -0.409 e. The highest BCUT2D eigenvalue weighted by Gasteiger charge is 2.19. The van der Waals surface area contributed by atoms with Crippen LogP contribution in [0, 0.1) is 5.92 Å². The Morgan fingerprint density at radius 1 is 1.48 bits per heavy atom. The van der Waals surface area contributed by atoms with Crippen molar-refractivity contribution in [1.29, 1.82) is 0 Å². The average molecular weight is 290 g/mol. The second-order valence-corrected chi connectivity index (χ2v) is 5.58. The van der Waals surface area contributed by atoms with Crippen molar-refractivity contribution in [3.63, 3.8) is 0 Å². The number of benzene rings is 1. The van der Waals surface area contributed by atoms with E-state index in [4.69, 9.17) is 10.9 Å². The molecule has 1 aliphatic heterocycles. The standard InChI is InChI=1S/C15H22N4O2/c1-19-7-6-12(10-19)9-17-14(20)8-11-2-4-13(5-3-11)15(16)18-21/h2-5,12,21H,6-10H2,1H3,(H2,16,18)(H,17,20). The number of likely N-dealkylation sites (tertiary alicyclic amines) is 1. The van der Waals surface area contributed by atoms with Crippen molar-refractivity contribution >= 4 is 11.7 Å². The van der Waals surface area contributed by atoms with Crippen molar-refractivity contribution in [2.45, 2.75) is 12.8 Å². The quantitative estimate of drug-likeness (QED) is 0.317. The smallest absolute Gasteiger partial charge is 0.224 e. The number of hydrogen-bond acceptors (Lipinski definition) is 4.